The molecule has 124 valence electrons. The summed E-state index contributed by atoms with van der Waals surface area (Å²) < 4.78 is 5.14. The molecule has 0 unspecified atom stereocenters. The molecular formula is C18H30N2O2. The van der Waals surface area contributed by atoms with Gasteiger partial charge in [-0.1, -0.05) is 19.3 Å². The lowest BCUT2D eigenvalue weighted by Gasteiger charge is -2.37. The minimum Gasteiger partial charge on any atom is -0.497 e. The van der Waals surface area contributed by atoms with Gasteiger partial charge in [-0.05, 0) is 51.0 Å². The van der Waals surface area contributed by atoms with Gasteiger partial charge >= 0.3 is 0 Å². The lowest BCUT2D eigenvalue weighted by Crippen LogP contribution is -2.43. The van der Waals surface area contributed by atoms with Gasteiger partial charge in [0.2, 0.25) is 0 Å². The number of ether oxygens (including phenoxy) is 1. The van der Waals surface area contributed by atoms with E-state index in [1.807, 2.05) is 24.3 Å². The zero-order valence-corrected chi connectivity index (χ0v) is 14.2. The fourth-order valence-corrected chi connectivity index (χ4v) is 3.22. The highest BCUT2D eigenvalue weighted by atomic mass is 16.6. The molecule has 1 aromatic rings. The Morgan fingerprint density at radius 3 is 2.41 bits per heavy atom. The maximum absolute atomic E-state index is 5.63. The third-order valence-electron chi connectivity index (χ3n) is 4.44. The Bertz CT molecular complexity index is 414. The molecule has 4 heteroatoms. The summed E-state index contributed by atoms with van der Waals surface area (Å²) in [4.78, 5) is 8.22. The summed E-state index contributed by atoms with van der Waals surface area (Å²) >= 11 is 0. The molecule has 0 atom stereocenters. The Morgan fingerprint density at radius 2 is 1.82 bits per heavy atom. The standard InChI is InChI=1S/C18H30N2O2/c1-15(2)20(17-7-5-4-6-8-17)13-14-22-19-16-9-11-18(21-3)12-10-16/h9-12,15,17,19H,4-8,13-14H2,1-3H3. The average molecular weight is 306 g/mol. The van der Waals surface area contributed by atoms with Gasteiger partial charge in [0.05, 0.1) is 19.4 Å². The van der Waals surface area contributed by atoms with E-state index in [-0.39, 0.29) is 0 Å². The molecule has 0 radical (unpaired) electrons. The van der Waals surface area contributed by atoms with E-state index in [4.69, 9.17) is 9.57 Å². The third kappa shape index (κ3) is 5.18. The Hall–Kier alpha value is -1.26. The van der Waals surface area contributed by atoms with E-state index < -0.39 is 0 Å². The Labute approximate surface area is 134 Å². The first-order valence-electron chi connectivity index (χ1n) is 8.48. The zero-order chi connectivity index (χ0) is 15.8. The van der Waals surface area contributed by atoms with E-state index in [1.165, 1.54) is 32.1 Å². The largest absolute Gasteiger partial charge is 0.497 e. The van der Waals surface area contributed by atoms with Gasteiger partial charge in [0.1, 0.15) is 5.75 Å². The van der Waals surface area contributed by atoms with Crippen LogP contribution in [0.5, 0.6) is 5.75 Å². The fraction of sp³-hybridized carbons (Fsp3) is 0.667. The predicted molar refractivity (Wildman–Crippen MR) is 91.3 cm³/mol. The van der Waals surface area contributed by atoms with Gasteiger partial charge in [-0.2, -0.15) is 0 Å². The van der Waals surface area contributed by atoms with Gasteiger partial charge in [0.25, 0.3) is 0 Å². The summed E-state index contributed by atoms with van der Waals surface area (Å²) in [5, 5.41) is 0. The lowest BCUT2D eigenvalue weighted by atomic mass is 9.93. The monoisotopic (exact) mass is 306 g/mol. The van der Waals surface area contributed by atoms with Crippen LogP contribution in [-0.4, -0.2) is 37.2 Å². The van der Waals surface area contributed by atoms with Gasteiger partial charge in [-0.15, -0.1) is 0 Å². The summed E-state index contributed by atoms with van der Waals surface area (Å²) in [7, 11) is 1.67. The van der Waals surface area contributed by atoms with Crippen molar-refractivity contribution in [3.8, 4) is 5.75 Å². The summed E-state index contributed by atoms with van der Waals surface area (Å²) in [6.45, 7) is 6.24. The molecule has 1 saturated carbocycles. The van der Waals surface area contributed by atoms with Gasteiger partial charge in [0, 0.05) is 18.6 Å². The highest BCUT2D eigenvalue weighted by Gasteiger charge is 2.22. The van der Waals surface area contributed by atoms with E-state index in [0.717, 1.165) is 24.0 Å². The number of hydrogen-bond donors (Lipinski definition) is 1. The molecule has 0 heterocycles. The fourth-order valence-electron chi connectivity index (χ4n) is 3.22. The number of rotatable bonds is 8. The maximum atomic E-state index is 5.63. The van der Waals surface area contributed by atoms with Crippen molar-refractivity contribution in [2.24, 2.45) is 0 Å². The lowest BCUT2D eigenvalue weighted by molar-refractivity contribution is 0.0776. The Kier molecular flexibility index (Phi) is 7.00. The molecule has 1 N–H and O–H groups in total. The molecule has 0 bridgehead atoms. The van der Waals surface area contributed by atoms with Crippen LogP contribution in [0.15, 0.2) is 24.3 Å². The predicted octanol–water partition coefficient (Wildman–Crippen LogP) is 4.08. The topological polar surface area (TPSA) is 33.7 Å². The number of anilines is 1. The van der Waals surface area contributed by atoms with Crippen molar-refractivity contribution in [1.29, 1.82) is 0 Å². The van der Waals surface area contributed by atoms with Crippen LogP contribution in [-0.2, 0) is 4.84 Å². The molecule has 0 spiro atoms. The number of nitrogens with zero attached hydrogens (tertiary/aromatic N) is 1. The van der Waals surface area contributed by atoms with Gasteiger partial charge in [-0.25, -0.2) is 0 Å². The van der Waals surface area contributed by atoms with E-state index in [9.17, 15) is 0 Å². The first-order chi connectivity index (χ1) is 10.7. The quantitative estimate of drug-likeness (QED) is 0.579. The zero-order valence-electron chi connectivity index (χ0n) is 14.2. The van der Waals surface area contributed by atoms with Crippen molar-refractivity contribution in [3.63, 3.8) is 0 Å². The smallest absolute Gasteiger partial charge is 0.119 e. The molecule has 4 nitrogen and oxygen atoms in total. The van der Waals surface area contributed by atoms with Crippen LogP contribution < -0.4 is 10.2 Å². The Balaban J connectivity index is 1.72. The van der Waals surface area contributed by atoms with Gasteiger partial charge in [-0.3, -0.25) is 15.2 Å². The van der Waals surface area contributed by atoms with Crippen LogP contribution in [0, 0.1) is 0 Å². The number of benzene rings is 1. The van der Waals surface area contributed by atoms with Gasteiger partial charge in [0.15, 0.2) is 0 Å². The van der Waals surface area contributed by atoms with Crippen molar-refractivity contribution >= 4 is 5.69 Å². The molecule has 0 aliphatic heterocycles. The average Bonchev–Trinajstić information content (AvgIpc) is 2.56. The summed E-state index contributed by atoms with van der Waals surface area (Å²) in [6.07, 6.45) is 6.82. The molecular weight excluding hydrogens is 276 g/mol. The normalized spacial score (nSPS) is 16.2. The van der Waals surface area contributed by atoms with Crippen LogP contribution in [0.3, 0.4) is 0 Å². The third-order valence-corrected chi connectivity index (χ3v) is 4.44. The highest BCUT2D eigenvalue weighted by Crippen LogP contribution is 2.24. The first-order valence-corrected chi connectivity index (χ1v) is 8.48. The van der Waals surface area contributed by atoms with Crippen molar-refractivity contribution < 1.29 is 9.57 Å². The maximum Gasteiger partial charge on any atom is 0.119 e. The molecule has 2 rings (SSSR count). The molecule has 1 aromatic carbocycles. The number of hydrogen-bond acceptors (Lipinski definition) is 4. The summed E-state index contributed by atoms with van der Waals surface area (Å²) in [5.74, 6) is 0.855. The molecule has 0 saturated heterocycles. The Morgan fingerprint density at radius 1 is 1.14 bits per heavy atom. The van der Waals surface area contributed by atoms with Crippen molar-refractivity contribution in [1.82, 2.24) is 4.90 Å². The van der Waals surface area contributed by atoms with Crippen LogP contribution >= 0.6 is 0 Å². The minimum absolute atomic E-state index is 0.577. The van der Waals surface area contributed by atoms with Crippen LogP contribution in [0.4, 0.5) is 5.69 Å². The summed E-state index contributed by atoms with van der Waals surface area (Å²) in [5.41, 5.74) is 3.96. The summed E-state index contributed by atoms with van der Waals surface area (Å²) in [6, 6.07) is 9.08. The van der Waals surface area contributed by atoms with Gasteiger partial charge < -0.3 is 4.74 Å². The van der Waals surface area contributed by atoms with E-state index >= 15 is 0 Å². The first kappa shape index (κ1) is 17.1. The van der Waals surface area contributed by atoms with Crippen LogP contribution in [0.2, 0.25) is 0 Å². The van der Waals surface area contributed by atoms with E-state index in [0.29, 0.717) is 12.6 Å². The van der Waals surface area contributed by atoms with E-state index in [2.05, 4.69) is 24.2 Å². The molecule has 0 aromatic heterocycles. The molecule has 1 fully saturated rings. The molecule has 22 heavy (non-hydrogen) atoms. The van der Waals surface area contributed by atoms with Crippen molar-refractivity contribution in [2.75, 3.05) is 25.7 Å². The second-order valence-electron chi connectivity index (χ2n) is 6.30. The second-order valence-corrected chi connectivity index (χ2v) is 6.30. The van der Waals surface area contributed by atoms with E-state index in [1.54, 1.807) is 7.11 Å². The second kappa shape index (κ2) is 9.01. The van der Waals surface area contributed by atoms with Crippen LogP contribution in [0.25, 0.3) is 0 Å². The van der Waals surface area contributed by atoms with Crippen molar-refractivity contribution in [3.05, 3.63) is 24.3 Å². The molecule has 0 amide bonds. The van der Waals surface area contributed by atoms with Crippen LogP contribution in [0.1, 0.15) is 46.0 Å². The number of methoxy groups -OCH3 is 1. The SMILES string of the molecule is COc1ccc(NOCCN(C(C)C)C2CCCCC2)cc1. The van der Waals surface area contributed by atoms with Crippen molar-refractivity contribution in [2.45, 2.75) is 58.0 Å². The highest BCUT2D eigenvalue weighted by molar-refractivity contribution is 5.44. The number of nitrogens with one attached hydrogen (secondary N) is 1. The molecule has 1 aliphatic rings. The minimum atomic E-state index is 0.577. The molecule has 1 aliphatic carbocycles.